The number of ether oxygens (including phenoxy) is 1. The van der Waals surface area contributed by atoms with Crippen molar-refractivity contribution in [2.24, 2.45) is 0 Å². The molecule has 0 aromatic heterocycles. The molecular formula is C14H18N2O4. The third kappa shape index (κ3) is 3.01. The minimum Gasteiger partial charge on any atom is -0.483 e. The average molecular weight is 278 g/mol. The molecule has 1 amide bonds. The van der Waals surface area contributed by atoms with Gasteiger partial charge >= 0.3 is 5.97 Å². The van der Waals surface area contributed by atoms with E-state index in [1.165, 1.54) is 12.1 Å². The highest BCUT2D eigenvalue weighted by atomic mass is 16.5. The number of carboxylic acids is 1. The number of likely N-dealkylation sites (N-methyl/N-ethyl adjacent to an activating group) is 1. The molecule has 6 heteroatoms. The minimum absolute atomic E-state index is 0.102. The van der Waals surface area contributed by atoms with Gasteiger partial charge < -0.3 is 20.5 Å². The zero-order chi connectivity index (χ0) is 14.7. The van der Waals surface area contributed by atoms with Crippen LogP contribution in [0, 0.1) is 0 Å². The maximum Gasteiger partial charge on any atom is 0.341 e. The van der Waals surface area contributed by atoms with E-state index in [-0.39, 0.29) is 29.5 Å². The molecule has 6 nitrogen and oxygen atoms in total. The van der Waals surface area contributed by atoms with Gasteiger partial charge in [-0.25, -0.2) is 4.79 Å². The lowest BCUT2D eigenvalue weighted by atomic mass is 10.1. The SMILES string of the molecule is CCN(C(=O)COc1cccc(N)c1C(=O)O)C1CC1. The van der Waals surface area contributed by atoms with E-state index >= 15 is 0 Å². The van der Waals surface area contributed by atoms with Crippen LogP contribution < -0.4 is 10.5 Å². The lowest BCUT2D eigenvalue weighted by Crippen LogP contribution is -2.36. The zero-order valence-electron chi connectivity index (χ0n) is 11.3. The van der Waals surface area contributed by atoms with Crippen LogP contribution >= 0.6 is 0 Å². The standard InChI is InChI=1S/C14H18N2O4/c1-2-16(9-6-7-9)12(17)8-20-11-5-3-4-10(15)13(11)14(18)19/h3-5,9H,2,6-8,15H2,1H3,(H,18,19). The second-order valence-corrected chi connectivity index (χ2v) is 4.73. The molecule has 1 aromatic carbocycles. The fourth-order valence-electron chi connectivity index (χ4n) is 2.14. The summed E-state index contributed by atoms with van der Waals surface area (Å²) in [6, 6.07) is 4.90. The number of anilines is 1. The number of rotatable bonds is 6. The van der Waals surface area contributed by atoms with Gasteiger partial charge in [-0.1, -0.05) is 6.07 Å². The average Bonchev–Trinajstić information content (AvgIpc) is 3.21. The number of benzene rings is 1. The van der Waals surface area contributed by atoms with Crippen molar-refractivity contribution in [2.45, 2.75) is 25.8 Å². The number of amides is 1. The highest BCUT2D eigenvalue weighted by molar-refractivity contribution is 5.96. The van der Waals surface area contributed by atoms with E-state index in [1.54, 1.807) is 11.0 Å². The highest BCUT2D eigenvalue weighted by Crippen LogP contribution is 2.27. The first kappa shape index (κ1) is 14.2. The number of hydrogen-bond donors (Lipinski definition) is 2. The monoisotopic (exact) mass is 278 g/mol. The van der Waals surface area contributed by atoms with Crippen molar-refractivity contribution in [3.05, 3.63) is 23.8 Å². The molecule has 0 unspecified atom stereocenters. The van der Waals surface area contributed by atoms with Gasteiger partial charge in [0.15, 0.2) is 6.61 Å². The maximum atomic E-state index is 12.0. The smallest absolute Gasteiger partial charge is 0.341 e. The first-order valence-corrected chi connectivity index (χ1v) is 6.58. The molecule has 1 aromatic rings. The Balaban J connectivity index is 2.05. The van der Waals surface area contributed by atoms with E-state index in [2.05, 4.69) is 0 Å². The molecule has 0 heterocycles. The predicted octanol–water partition coefficient (Wildman–Crippen LogP) is 1.36. The Labute approximate surface area is 117 Å². The van der Waals surface area contributed by atoms with Crippen LogP contribution in [0.15, 0.2) is 18.2 Å². The Morgan fingerprint density at radius 2 is 2.15 bits per heavy atom. The van der Waals surface area contributed by atoms with E-state index in [1.807, 2.05) is 6.92 Å². The number of carbonyl (C=O) groups excluding carboxylic acids is 1. The van der Waals surface area contributed by atoms with Crippen LogP contribution in [0.2, 0.25) is 0 Å². The van der Waals surface area contributed by atoms with E-state index < -0.39 is 5.97 Å². The van der Waals surface area contributed by atoms with Crippen molar-refractivity contribution < 1.29 is 19.4 Å². The topological polar surface area (TPSA) is 92.9 Å². The number of carboxylic acid groups (broad SMARTS) is 1. The van der Waals surface area contributed by atoms with Gasteiger partial charge in [-0.05, 0) is 31.9 Å². The molecular weight excluding hydrogens is 260 g/mol. The molecule has 0 spiro atoms. The molecule has 1 aliphatic carbocycles. The van der Waals surface area contributed by atoms with Gasteiger partial charge in [0.1, 0.15) is 11.3 Å². The summed E-state index contributed by atoms with van der Waals surface area (Å²) in [5.41, 5.74) is 5.64. The van der Waals surface area contributed by atoms with Crippen molar-refractivity contribution in [2.75, 3.05) is 18.9 Å². The van der Waals surface area contributed by atoms with Gasteiger partial charge in [-0.2, -0.15) is 0 Å². The summed E-state index contributed by atoms with van der Waals surface area (Å²) in [7, 11) is 0. The van der Waals surface area contributed by atoms with E-state index in [0.717, 1.165) is 12.8 Å². The van der Waals surface area contributed by atoms with Gasteiger partial charge in [0.2, 0.25) is 0 Å². The summed E-state index contributed by atoms with van der Waals surface area (Å²) < 4.78 is 5.35. The summed E-state index contributed by atoms with van der Waals surface area (Å²) in [5, 5.41) is 9.11. The molecule has 0 bridgehead atoms. The number of aromatic carboxylic acids is 1. The Hall–Kier alpha value is -2.24. The number of nitrogens with zero attached hydrogens (tertiary/aromatic N) is 1. The Kier molecular flexibility index (Phi) is 4.12. The summed E-state index contributed by atoms with van der Waals surface area (Å²) in [6.07, 6.45) is 2.05. The lowest BCUT2D eigenvalue weighted by molar-refractivity contribution is -0.133. The number of nitrogens with two attached hydrogens (primary N) is 1. The Morgan fingerprint density at radius 1 is 1.45 bits per heavy atom. The molecule has 2 rings (SSSR count). The summed E-state index contributed by atoms with van der Waals surface area (Å²) in [6.45, 7) is 2.38. The van der Waals surface area contributed by atoms with Gasteiger partial charge in [0.25, 0.3) is 5.91 Å². The molecule has 3 N–H and O–H groups in total. The largest absolute Gasteiger partial charge is 0.483 e. The van der Waals surface area contributed by atoms with Gasteiger partial charge in [0, 0.05) is 18.3 Å². The van der Waals surface area contributed by atoms with Crippen LogP contribution in [0.3, 0.4) is 0 Å². The highest BCUT2D eigenvalue weighted by Gasteiger charge is 2.31. The van der Waals surface area contributed by atoms with Crippen LogP contribution in [0.25, 0.3) is 0 Å². The van der Waals surface area contributed by atoms with Crippen molar-refractivity contribution in [3.63, 3.8) is 0 Å². The quantitative estimate of drug-likeness (QED) is 0.766. The lowest BCUT2D eigenvalue weighted by Gasteiger charge is -2.20. The first-order chi connectivity index (χ1) is 9.54. The van der Waals surface area contributed by atoms with Gasteiger partial charge in [-0.3, -0.25) is 4.79 Å². The normalized spacial score (nSPS) is 13.8. The molecule has 0 saturated heterocycles. The van der Waals surface area contributed by atoms with E-state index in [9.17, 15) is 9.59 Å². The second-order valence-electron chi connectivity index (χ2n) is 4.73. The molecule has 1 aliphatic rings. The van der Waals surface area contributed by atoms with Gasteiger partial charge in [-0.15, -0.1) is 0 Å². The molecule has 0 radical (unpaired) electrons. The third-order valence-corrected chi connectivity index (χ3v) is 3.27. The molecule has 108 valence electrons. The van der Waals surface area contributed by atoms with Crippen LogP contribution in [-0.2, 0) is 4.79 Å². The molecule has 1 fully saturated rings. The van der Waals surface area contributed by atoms with Crippen molar-refractivity contribution >= 4 is 17.6 Å². The number of carbonyl (C=O) groups is 2. The Bertz CT molecular complexity index is 526. The van der Waals surface area contributed by atoms with Crippen LogP contribution in [0.5, 0.6) is 5.75 Å². The zero-order valence-corrected chi connectivity index (χ0v) is 11.3. The summed E-state index contributed by atoms with van der Waals surface area (Å²) in [4.78, 5) is 24.9. The fourth-order valence-corrected chi connectivity index (χ4v) is 2.14. The van der Waals surface area contributed by atoms with E-state index in [4.69, 9.17) is 15.6 Å². The molecule has 0 aliphatic heterocycles. The third-order valence-electron chi connectivity index (χ3n) is 3.27. The molecule has 1 saturated carbocycles. The van der Waals surface area contributed by atoms with Gasteiger partial charge in [0.05, 0.1) is 0 Å². The predicted molar refractivity (Wildman–Crippen MR) is 73.7 cm³/mol. The van der Waals surface area contributed by atoms with E-state index in [0.29, 0.717) is 12.6 Å². The number of nitrogen functional groups attached to an aromatic ring is 1. The first-order valence-electron chi connectivity index (χ1n) is 6.58. The second kappa shape index (κ2) is 5.81. The minimum atomic E-state index is -1.17. The Morgan fingerprint density at radius 3 is 2.70 bits per heavy atom. The summed E-state index contributed by atoms with van der Waals surface area (Å²) in [5.74, 6) is -1.17. The summed E-state index contributed by atoms with van der Waals surface area (Å²) >= 11 is 0. The van der Waals surface area contributed by atoms with Crippen molar-refractivity contribution in [3.8, 4) is 5.75 Å². The maximum absolute atomic E-state index is 12.0. The van der Waals surface area contributed by atoms with Crippen LogP contribution in [0.4, 0.5) is 5.69 Å². The number of hydrogen-bond acceptors (Lipinski definition) is 4. The fraction of sp³-hybridized carbons (Fsp3) is 0.429. The van der Waals surface area contributed by atoms with Crippen LogP contribution in [-0.4, -0.2) is 41.1 Å². The molecule has 0 atom stereocenters. The van der Waals surface area contributed by atoms with Crippen LogP contribution in [0.1, 0.15) is 30.1 Å². The molecule has 20 heavy (non-hydrogen) atoms. The van der Waals surface area contributed by atoms with Crippen molar-refractivity contribution in [1.29, 1.82) is 0 Å². The van der Waals surface area contributed by atoms with Crippen molar-refractivity contribution in [1.82, 2.24) is 4.90 Å².